The highest BCUT2D eigenvalue weighted by Crippen LogP contribution is 2.22. The quantitative estimate of drug-likeness (QED) is 0.576. The maximum Gasteiger partial charge on any atom is 0.411 e. The molecular formula is C19H24FNO6. The largest absolute Gasteiger partial charge is 0.494 e. The summed E-state index contributed by atoms with van der Waals surface area (Å²) in [5.74, 6) is -1.89. The second-order valence-electron chi connectivity index (χ2n) is 7.21. The van der Waals surface area contributed by atoms with E-state index in [0.717, 1.165) is 6.07 Å². The van der Waals surface area contributed by atoms with Crippen LogP contribution in [0.5, 0.6) is 5.75 Å². The lowest BCUT2D eigenvalue weighted by Crippen LogP contribution is -2.44. The molecule has 0 aliphatic carbocycles. The normalized spacial score (nSPS) is 16.8. The van der Waals surface area contributed by atoms with E-state index in [2.05, 4.69) is 0 Å². The van der Waals surface area contributed by atoms with Crippen LogP contribution in [-0.4, -0.2) is 54.7 Å². The molecular weight excluding hydrogens is 357 g/mol. The number of ether oxygens (including phenoxy) is 3. The fourth-order valence-corrected chi connectivity index (χ4v) is 2.71. The highest BCUT2D eigenvalue weighted by atomic mass is 19.1. The minimum atomic E-state index is -0.791. The lowest BCUT2D eigenvalue weighted by molar-refractivity contribution is -0.147. The van der Waals surface area contributed by atoms with E-state index in [4.69, 9.17) is 14.2 Å². The SMILES string of the molecule is COc1ccc(C(=O)COC(=O)[C@@H]2CCCN2C(=O)OC(C)(C)C)cc1F. The smallest absolute Gasteiger partial charge is 0.411 e. The minimum Gasteiger partial charge on any atom is -0.494 e. The Morgan fingerprint density at radius 2 is 1.96 bits per heavy atom. The number of esters is 1. The number of benzene rings is 1. The Bertz CT molecular complexity index is 727. The van der Waals surface area contributed by atoms with Crippen LogP contribution in [-0.2, 0) is 14.3 Å². The topological polar surface area (TPSA) is 82.1 Å². The van der Waals surface area contributed by atoms with Gasteiger partial charge in [0.2, 0.25) is 0 Å². The molecule has 2 rings (SSSR count). The maximum atomic E-state index is 13.7. The Morgan fingerprint density at radius 3 is 2.56 bits per heavy atom. The molecule has 1 amide bonds. The zero-order valence-corrected chi connectivity index (χ0v) is 15.9. The van der Waals surface area contributed by atoms with E-state index in [1.807, 2.05) is 0 Å². The number of amides is 1. The molecule has 7 nitrogen and oxygen atoms in total. The average molecular weight is 381 g/mol. The third-order valence-electron chi connectivity index (χ3n) is 3.97. The van der Waals surface area contributed by atoms with Crippen molar-refractivity contribution in [2.45, 2.75) is 45.3 Å². The summed E-state index contributed by atoms with van der Waals surface area (Å²) in [4.78, 5) is 38.0. The lowest BCUT2D eigenvalue weighted by atomic mass is 10.1. The minimum absolute atomic E-state index is 0.0162. The van der Waals surface area contributed by atoms with Crippen molar-refractivity contribution in [2.24, 2.45) is 0 Å². The maximum absolute atomic E-state index is 13.7. The van der Waals surface area contributed by atoms with E-state index in [1.165, 1.54) is 24.1 Å². The van der Waals surface area contributed by atoms with Gasteiger partial charge in [-0.25, -0.2) is 14.0 Å². The van der Waals surface area contributed by atoms with Crippen molar-refractivity contribution >= 4 is 17.8 Å². The first kappa shape index (κ1) is 20.7. The molecule has 1 aliphatic heterocycles. The van der Waals surface area contributed by atoms with Crippen molar-refractivity contribution in [3.8, 4) is 5.75 Å². The molecule has 27 heavy (non-hydrogen) atoms. The molecule has 0 aromatic heterocycles. The molecule has 0 spiro atoms. The van der Waals surface area contributed by atoms with Crippen molar-refractivity contribution in [2.75, 3.05) is 20.3 Å². The van der Waals surface area contributed by atoms with Gasteiger partial charge in [0.1, 0.15) is 11.6 Å². The number of carbonyl (C=O) groups excluding carboxylic acids is 3. The van der Waals surface area contributed by atoms with E-state index in [-0.39, 0.29) is 11.3 Å². The molecule has 1 aromatic rings. The number of ketones is 1. The number of rotatable bonds is 5. The predicted octanol–water partition coefficient (Wildman–Crippen LogP) is 2.96. The van der Waals surface area contributed by atoms with Crippen molar-refractivity contribution in [1.82, 2.24) is 4.90 Å². The van der Waals surface area contributed by atoms with Crippen LogP contribution < -0.4 is 4.74 Å². The lowest BCUT2D eigenvalue weighted by Gasteiger charge is -2.27. The third kappa shape index (κ3) is 5.42. The molecule has 0 bridgehead atoms. The number of carbonyl (C=O) groups is 3. The van der Waals surface area contributed by atoms with E-state index in [0.29, 0.717) is 19.4 Å². The van der Waals surface area contributed by atoms with Gasteiger partial charge in [0, 0.05) is 12.1 Å². The van der Waals surface area contributed by atoms with Gasteiger partial charge in [-0.3, -0.25) is 9.69 Å². The zero-order chi connectivity index (χ0) is 20.2. The summed E-state index contributed by atoms with van der Waals surface area (Å²) >= 11 is 0. The average Bonchev–Trinajstić information content (AvgIpc) is 3.07. The third-order valence-corrected chi connectivity index (χ3v) is 3.97. The first-order chi connectivity index (χ1) is 12.6. The summed E-state index contributed by atoms with van der Waals surface area (Å²) in [5.41, 5.74) is -0.612. The fraction of sp³-hybridized carbons (Fsp3) is 0.526. The van der Waals surface area contributed by atoms with Crippen molar-refractivity contribution in [3.05, 3.63) is 29.6 Å². The van der Waals surface area contributed by atoms with Crippen molar-refractivity contribution in [1.29, 1.82) is 0 Å². The van der Waals surface area contributed by atoms with E-state index < -0.39 is 41.9 Å². The molecule has 8 heteroatoms. The molecule has 0 N–H and O–H groups in total. The van der Waals surface area contributed by atoms with Crippen LogP contribution in [0.1, 0.15) is 44.0 Å². The number of hydrogen-bond donors (Lipinski definition) is 0. The number of Topliss-reactive ketones (excluding diaryl/α,β-unsaturated/α-hetero) is 1. The van der Waals surface area contributed by atoms with Crippen LogP contribution in [0.3, 0.4) is 0 Å². The van der Waals surface area contributed by atoms with Gasteiger partial charge >= 0.3 is 12.1 Å². The summed E-state index contributed by atoms with van der Waals surface area (Å²) in [6.07, 6.45) is 0.477. The van der Waals surface area contributed by atoms with E-state index in [1.54, 1.807) is 20.8 Å². The Labute approximate surface area is 157 Å². The van der Waals surface area contributed by atoms with Crippen LogP contribution in [0, 0.1) is 5.82 Å². The fourth-order valence-electron chi connectivity index (χ4n) is 2.71. The number of methoxy groups -OCH3 is 1. The predicted molar refractivity (Wildman–Crippen MR) is 94.2 cm³/mol. The van der Waals surface area contributed by atoms with Crippen LogP contribution in [0.4, 0.5) is 9.18 Å². The highest BCUT2D eigenvalue weighted by Gasteiger charge is 2.37. The molecule has 1 aromatic carbocycles. The van der Waals surface area contributed by atoms with Gasteiger partial charge in [0.15, 0.2) is 24.0 Å². The van der Waals surface area contributed by atoms with Gasteiger partial charge in [-0.2, -0.15) is 0 Å². The zero-order valence-electron chi connectivity index (χ0n) is 15.9. The number of hydrogen-bond acceptors (Lipinski definition) is 6. The Morgan fingerprint density at radius 1 is 1.26 bits per heavy atom. The first-order valence-corrected chi connectivity index (χ1v) is 8.65. The van der Waals surface area contributed by atoms with Crippen LogP contribution in [0.25, 0.3) is 0 Å². The molecule has 1 aliphatic rings. The Kier molecular flexibility index (Phi) is 6.41. The molecule has 148 valence electrons. The molecule has 0 radical (unpaired) electrons. The van der Waals surface area contributed by atoms with E-state index >= 15 is 0 Å². The second-order valence-corrected chi connectivity index (χ2v) is 7.21. The number of nitrogens with zero attached hydrogens (tertiary/aromatic N) is 1. The first-order valence-electron chi connectivity index (χ1n) is 8.65. The van der Waals surface area contributed by atoms with Crippen LogP contribution in [0.2, 0.25) is 0 Å². The van der Waals surface area contributed by atoms with Gasteiger partial charge in [0.25, 0.3) is 0 Å². The summed E-state index contributed by atoms with van der Waals surface area (Å²) in [7, 11) is 1.32. The molecule has 1 saturated heterocycles. The monoisotopic (exact) mass is 381 g/mol. The van der Waals surface area contributed by atoms with Gasteiger partial charge in [0.05, 0.1) is 7.11 Å². The summed E-state index contributed by atoms with van der Waals surface area (Å²) < 4.78 is 28.8. The Hall–Kier alpha value is -2.64. The van der Waals surface area contributed by atoms with Gasteiger partial charge < -0.3 is 14.2 Å². The van der Waals surface area contributed by atoms with Gasteiger partial charge in [-0.15, -0.1) is 0 Å². The summed E-state index contributed by atoms with van der Waals surface area (Å²) in [6, 6.07) is 2.95. The van der Waals surface area contributed by atoms with Crippen LogP contribution >= 0.6 is 0 Å². The molecule has 0 saturated carbocycles. The van der Waals surface area contributed by atoms with Crippen molar-refractivity contribution < 1.29 is 33.0 Å². The standard InChI is InChI=1S/C19H24FNO6/c1-19(2,3)27-18(24)21-9-5-6-14(21)17(23)26-11-15(22)12-7-8-16(25-4)13(20)10-12/h7-8,10,14H,5-6,9,11H2,1-4H3/t14-/m0/s1. The number of likely N-dealkylation sites (tertiary alicyclic amines) is 1. The van der Waals surface area contributed by atoms with Gasteiger partial charge in [-0.05, 0) is 51.8 Å². The Balaban J connectivity index is 1.95. The summed E-state index contributed by atoms with van der Waals surface area (Å²) in [6.45, 7) is 5.05. The molecule has 0 unspecified atom stereocenters. The number of halogens is 1. The molecule has 1 fully saturated rings. The van der Waals surface area contributed by atoms with Crippen LogP contribution in [0.15, 0.2) is 18.2 Å². The van der Waals surface area contributed by atoms with Gasteiger partial charge in [-0.1, -0.05) is 0 Å². The molecule has 1 heterocycles. The second kappa shape index (κ2) is 8.37. The van der Waals surface area contributed by atoms with E-state index in [9.17, 15) is 18.8 Å². The highest BCUT2D eigenvalue weighted by molar-refractivity contribution is 5.98. The van der Waals surface area contributed by atoms with Crippen molar-refractivity contribution in [3.63, 3.8) is 0 Å². The molecule has 1 atom stereocenters. The summed E-state index contributed by atoms with van der Waals surface area (Å²) in [5, 5.41) is 0.